The molecule has 6 nitrogen and oxygen atoms in total. The number of aromatic amines is 1. The van der Waals surface area contributed by atoms with Crippen molar-refractivity contribution in [2.75, 3.05) is 5.32 Å². The van der Waals surface area contributed by atoms with Crippen LogP contribution in [0.2, 0.25) is 0 Å². The van der Waals surface area contributed by atoms with Crippen LogP contribution in [-0.4, -0.2) is 31.3 Å². The summed E-state index contributed by atoms with van der Waals surface area (Å²) >= 11 is 2.80. The molecule has 0 aliphatic heterocycles. The Morgan fingerprint density at radius 3 is 2.75 bits per heavy atom. The van der Waals surface area contributed by atoms with Gasteiger partial charge in [0.15, 0.2) is 5.16 Å². The van der Waals surface area contributed by atoms with Gasteiger partial charge in [0.25, 0.3) is 0 Å². The van der Waals surface area contributed by atoms with Crippen molar-refractivity contribution in [1.82, 2.24) is 20.2 Å². The molecule has 2 aromatic carbocycles. The van der Waals surface area contributed by atoms with Crippen LogP contribution in [-0.2, 0) is 4.79 Å². The molecular formula is C20H19N5OS2. The van der Waals surface area contributed by atoms with Gasteiger partial charge in [-0.05, 0) is 31.0 Å². The molecule has 2 heterocycles. The third-order valence-corrected chi connectivity index (χ3v) is 6.44. The van der Waals surface area contributed by atoms with Crippen molar-refractivity contribution in [1.29, 1.82) is 0 Å². The number of aryl methyl sites for hydroxylation is 1. The van der Waals surface area contributed by atoms with Crippen LogP contribution in [0.15, 0.2) is 53.7 Å². The number of rotatable bonds is 6. The topological polar surface area (TPSA) is 83.6 Å². The number of imidazole rings is 1. The number of carbonyl (C=O) groups excluding carboxylic acids is 1. The summed E-state index contributed by atoms with van der Waals surface area (Å²) in [4.78, 5) is 20.5. The zero-order valence-corrected chi connectivity index (χ0v) is 17.1. The minimum absolute atomic E-state index is 0.0968. The van der Waals surface area contributed by atoms with Gasteiger partial charge in [-0.1, -0.05) is 66.4 Å². The van der Waals surface area contributed by atoms with Gasteiger partial charge in [-0.3, -0.25) is 10.1 Å². The predicted octanol–water partition coefficient (Wildman–Crippen LogP) is 4.90. The van der Waals surface area contributed by atoms with Gasteiger partial charge >= 0.3 is 0 Å². The van der Waals surface area contributed by atoms with Gasteiger partial charge in [-0.25, -0.2) is 4.98 Å². The number of aromatic nitrogens is 4. The smallest absolute Gasteiger partial charge is 0.239 e. The Kier molecular flexibility index (Phi) is 5.40. The molecule has 2 N–H and O–H groups in total. The van der Waals surface area contributed by atoms with E-state index in [4.69, 9.17) is 0 Å². The molecule has 0 bridgehead atoms. The average Bonchev–Trinajstić information content (AvgIpc) is 3.32. The Balaban J connectivity index is 1.46. The minimum atomic E-state index is -0.272. The highest BCUT2D eigenvalue weighted by Gasteiger charge is 2.21. The number of amides is 1. The molecule has 1 unspecified atom stereocenters. The number of anilines is 1. The fraction of sp³-hybridized carbons (Fsp3) is 0.200. The summed E-state index contributed by atoms with van der Waals surface area (Å²) in [5.41, 5.74) is 4.02. The van der Waals surface area contributed by atoms with E-state index in [1.165, 1.54) is 23.1 Å². The van der Waals surface area contributed by atoms with E-state index in [1.807, 2.05) is 62.4 Å². The van der Waals surface area contributed by atoms with Gasteiger partial charge < -0.3 is 4.98 Å². The third-order valence-electron chi connectivity index (χ3n) is 4.32. The lowest BCUT2D eigenvalue weighted by Gasteiger charge is -2.11. The van der Waals surface area contributed by atoms with E-state index >= 15 is 0 Å². The highest BCUT2D eigenvalue weighted by molar-refractivity contribution is 8.00. The molecule has 142 valence electrons. The summed E-state index contributed by atoms with van der Waals surface area (Å²) in [6.45, 7) is 4.02. The number of para-hydroxylation sites is 2. The van der Waals surface area contributed by atoms with Gasteiger partial charge in [-0.15, -0.1) is 10.2 Å². The van der Waals surface area contributed by atoms with Crippen LogP contribution in [0, 0.1) is 6.92 Å². The lowest BCUT2D eigenvalue weighted by molar-refractivity contribution is -0.115. The quantitative estimate of drug-likeness (QED) is 0.443. The minimum Gasteiger partial charge on any atom is -0.333 e. The van der Waals surface area contributed by atoms with Crippen LogP contribution in [0.1, 0.15) is 18.9 Å². The van der Waals surface area contributed by atoms with E-state index in [9.17, 15) is 4.79 Å². The van der Waals surface area contributed by atoms with Gasteiger partial charge in [0.1, 0.15) is 5.01 Å². The predicted molar refractivity (Wildman–Crippen MR) is 115 cm³/mol. The molecule has 0 saturated heterocycles. The molecule has 2 aromatic heterocycles. The standard InChI is InChI=1S/C20H19N5OS2/c1-3-16(27-19-21-14-10-6-7-11-15(14)22-19)17(26)23-20-25-24-18(28-20)13-9-5-4-8-12(13)2/h4-11,16H,3H2,1-2H3,(H,21,22)(H,23,25,26). The zero-order valence-electron chi connectivity index (χ0n) is 15.5. The molecule has 4 rings (SSSR count). The fourth-order valence-electron chi connectivity index (χ4n) is 2.82. The maximum absolute atomic E-state index is 12.7. The van der Waals surface area contributed by atoms with E-state index in [0.29, 0.717) is 11.6 Å². The van der Waals surface area contributed by atoms with Gasteiger partial charge in [0.2, 0.25) is 11.0 Å². The van der Waals surface area contributed by atoms with E-state index < -0.39 is 0 Å². The molecule has 0 radical (unpaired) electrons. The van der Waals surface area contributed by atoms with Crippen LogP contribution in [0.3, 0.4) is 0 Å². The van der Waals surface area contributed by atoms with Crippen molar-refractivity contribution >= 4 is 45.2 Å². The summed E-state index contributed by atoms with van der Waals surface area (Å²) in [6.07, 6.45) is 0.678. The number of hydrogen-bond donors (Lipinski definition) is 2. The fourth-order valence-corrected chi connectivity index (χ4v) is 4.58. The first-order chi connectivity index (χ1) is 13.6. The molecule has 1 atom stereocenters. The van der Waals surface area contributed by atoms with Crippen LogP contribution >= 0.6 is 23.1 Å². The third kappa shape index (κ3) is 3.93. The van der Waals surface area contributed by atoms with E-state index in [1.54, 1.807) is 0 Å². The first-order valence-corrected chi connectivity index (χ1v) is 10.7. The molecule has 0 fully saturated rings. The van der Waals surface area contributed by atoms with Crippen LogP contribution in [0.25, 0.3) is 21.6 Å². The van der Waals surface area contributed by atoms with Crippen LogP contribution in [0.4, 0.5) is 5.13 Å². The summed E-state index contributed by atoms with van der Waals surface area (Å²) < 4.78 is 0. The normalized spacial score (nSPS) is 12.2. The number of benzene rings is 2. The molecule has 28 heavy (non-hydrogen) atoms. The van der Waals surface area contributed by atoms with E-state index in [-0.39, 0.29) is 11.2 Å². The lowest BCUT2D eigenvalue weighted by atomic mass is 10.1. The monoisotopic (exact) mass is 409 g/mol. The molecule has 1 amide bonds. The second kappa shape index (κ2) is 8.12. The second-order valence-corrected chi connectivity index (χ2v) is 8.46. The number of H-pyrrole nitrogens is 1. The highest BCUT2D eigenvalue weighted by Crippen LogP contribution is 2.30. The average molecular weight is 410 g/mol. The molecule has 0 spiro atoms. The number of carbonyl (C=O) groups is 1. The van der Waals surface area contributed by atoms with E-state index in [0.717, 1.165) is 32.3 Å². The van der Waals surface area contributed by atoms with Crippen molar-refractivity contribution in [3.63, 3.8) is 0 Å². The number of hydrogen-bond acceptors (Lipinski definition) is 6. The largest absolute Gasteiger partial charge is 0.333 e. The molecule has 8 heteroatoms. The number of nitrogens with one attached hydrogen (secondary N) is 2. The summed E-state index contributed by atoms with van der Waals surface area (Å²) in [5, 5.41) is 13.0. The van der Waals surface area contributed by atoms with Crippen molar-refractivity contribution in [3.05, 3.63) is 54.1 Å². The maximum Gasteiger partial charge on any atom is 0.239 e. The summed E-state index contributed by atoms with van der Waals surface area (Å²) in [5.74, 6) is -0.0968. The van der Waals surface area contributed by atoms with Crippen molar-refractivity contribution in [2.45, 2.75) is 30.7 Å². The summed E-state index contributed by atoms with van der Waals surface area (Å²) in [6, 6.07) is 15.8. The highest BCUT2D eigenvalue weighted by atomic mass is 32.2. The van der Waals surface area contributed by atoms with Crippen molar-refractivity contribution in [3.8, 4) is 10.6 Å². The SMILES string of the molecule is CCC(Sc1nc2ccccc2[nH]1)C(=O)Nc1nnc(-c2ccccc2C)s1. The van der Waals surface area contributed by atoms with E-state index in [2.05, 4.69) is 25.5 Å². The zero-order chi connectivity index (χ0) is 19.5. The van der Waals surface area contributed by atoms with Crippen LogP contribution < -0.4 is 5.32 Å². The Morgan fingerprint density at radius 2 is 1.96 bits per heavy atom. The lowest BCUT2D eigenvalue weighted by Crippen LogP contribution is -2.24. The first-order valence-electron chi connectivity index (χ1n) is 8.96. The second-order valence-electron chi connectivity index (χ2n) is 6.29. The molecule has 4 aromatic rings. The Hall–Kier alpha value is -2.71. The molecule has 0 aliphatic rings. The molecule has 0 aliphatic carbocycles. The maximum atomic E-state index is 12.7. The molecular weight excluding hydrogens is 390 g/mol. The van der Waals surface area contributed by atoms with Crippen LogP contribution in [0.5, 0.6) is 0 Å². The van der Waals surface area contributed by atoms with Gasteiger partial charge in [0, 0.05) is 5.56 Å². The van der Waals surface area contributed by atoms with Gasteiger partial charge in [-0.2, -0.15) is 0 Å². The Labute approximate surface area is 170 Å². The Morgan fingerprint density at radius 1 is 1.18 bits per heavy atom. The number of fused-ring (bicyclic) bond motifs is 1. The van der Waals surface area contributed by atoms with Crippen molar-refractivity contribution < 1.29 is 4.79 Å². The van der Waals surface area contributed by atoms with Crippen molar-refractivity contribution in [2.24, 2.45) is 0 Å². The number of nitrogens with zero attached hydrogens (tertiary/aromatic N) is 3. The first kappa shape index (κ1) is 18.6. The summed E-state index contributed by atoms with van der Waals surface area (Å²) in [7, 11) is 0. The number of thioether (sulfide) groups is 1. The molecule has 0 saturated carbocycles. The Bertz CT molecular complexity index is 1090. The van der Waals surface area contributed by atoms with Gasteiger partial charge in [0.05, 0.1) is 16.3 Å².